The smallest absolute Gasteiger partial charge is 0.147 e. The topological polar surface area (TPSA) is 38.1 Å². The van der Waals surface area contributed by atoms with Crippen LogP contribution in [0.2, 0.25) is 0 Å². The van der Waals surface area contributed by atoms with Crippen LogP contribution in [0.3, 0.4) is 0 Å². The van der Waals surface area contributed by atoms with Crippen LogP contribution in [-0.4, -0.2) is 12.2 Å². The van der Waals surface area contributed by atoms with Gasteiger partial charge in [0, 0.05) is 13.0 Å². The molecular formula is C15H18N2O. The normalized spacial score (nSPS) is 18.4. The van der Waals surface area contributed by atoms with E-state index >= 15 is 0 Å². The Kier molecular flexibility index (Phi) is 2.82. The number of nitrogens with zero attached hydrogens (tertiary/aromatic N) is 1. The fourth-order valence-corrected chi connectivity index (χ4v) is 3.00. The molecule has 1 aromatic heterocycles. The lowest BCUT2D eigenvalue weighted by molar-refractivity contribution is 0.404. The fraction of sp³-hybridized carbons (Fsp3) is 0.400. The summed E-state index contributed by atoms with van der Waals surface area (Å²) in [5.41, 5.74) is 6.37. The van der Waals surface area contributed by atoms with Crippen LogP contribution in [0.4, 0.5) is 5.69 Å². The number of aromatic nitrogens is 1. The van der Waals surface area contributed by atoms with Crippen molar-refractivity contribution in [1.82, 2.24) is 5.16 Å². The van der Waals surface area contributed by atoms with Crippen molar-refractivity contribution in [3.63, 3.8) is 0 Å². The van der Waals surface area contributed by atoms with Crippen LogP contribution in [0, 0.1) is 6.92 Å². The van der Waals surface area contributed by atoms with Gasteiger partial charge >= 0.3 is 0 Å². The number of hydrogen-bond donors (Lipinski definition) is 1. The summed E-state index contributed by atoms with van der Waals surface area (Å²) in [4.78, 5) is 0. The van der Waals surface area contributed by atoms with Crippen molar-refractivity contribution in [3.8, 4) is 0 Å². The zero-order valence-corrected chi connectivity index (χ0v) is 10.9. The monoisotopic (exact) mass is 242 g/mol. The Morgan fingerprint density at radius 3 is 3.11 bits per heavy atom. The van der Waals surface area contributed by atoms with Crippen LogP contribution < -0.4 is 5.32 Å². The average Bonchev–Trinajstić information content (AvgIpc) is 2.87. The quantitative estimate of drug-likeness (QED) is 0.876. The average molecular weight is 242 g/mol. The first kappa shape index (κ1) is 11.3. The van der Waals surface area contributed by atoms with Gasteiger partial charge in [0.25, 0.3) is 0 Å². The second-order valence-corrected chi connectivity index (χ2v) is 4.95. The van der Waals surface area contributed by atoms with Gasteiger partial charge in [-0.2, -0.15) is 0 Å². The standard InChI is InChI=1S/C15H18N2O/c1-10-5-3-7-12-11(10)6-4-8-13(12)15-14(16-2)9-18-17-15/h3,5,7,9,13,16H,4,6,8H2,1-2H3. The summed E-state index contributed by atoms with van der Waals surface area (Å²) in [6.07, 6.45) is 5.25. The second kappa shape index (κ2) is 4.48. The Hall–Kier alpha value is -1.77. The molecule has 3 rings (SSSR count). The van der Waals surface area contributed by atoms with Gasteiger partial charge in [-0.05, 0) is 42.9 Å². The van der Waals surface area contributed by atoms with E-state index in [-0.39, 0.29) is 0 Å². The molecule has 1 heterocycles. The minimum Gasteiger partial charge on any atom is -0.384 e. The van der Waals surface area contributed by atoms with E-state index in [9.17, 15) is 0 Å². The maximum atomic E-state index is 5.12. The first-order valence-corrected chi connectivity index (χ1v) is 6.51. The molecule has 2 aromatic rings. The molecule has 3 heteroatoms. The van der Waals surface area contributed by atoms with Crippen molar-refractivity contribution in [2.75, 3.05) is 12.4 Å². The second-order valence-electron chi connectivity index (χ2n) is 4.95. The Morgan fingerprint density at radius 1 is 1.39 bits per heavy atom. The number of anilines is 1. The summed E-state index contributed by atoms with van der Waals surface area (Å²) < 4.78 is 5.12. The first-order chi connectivity index (χ1) is 8.81. The van der Waals surface area contributed by atoms with Crippen LogP contribution in [0.25, 0.3) is 0 Å². The highest BCUT2D eigenvalue weighted by molar-refractivity contribution is 5.52. The lowest BCUT2D eigenvalue weighted by Crippen LogP contribution is -2.13. The van der Waals surface area contributed by atoms with Gasteiger partial charge < -0.3 is 9.84 Å². The number of fused-ring (bicyclic) bond motifs is 1. The van der Waals surface area contributed by atoms with E-state index in [1.165, 1.54) is 29.5 Å². The summed E-state index contributed by atoms with van der Waals surface area (Å²) >= 11 is 0. The molecule has 1 N–H and O–H groups in total. The predicted molar refractivity (Wildman–Crippen MR) is 72.0 cm³/mol. The van der Waals surface area contributed by atoms with Crippen LogP contribution in [0.5, 0.6) is 0 Å². The maximum absolute atomic E-state index is 5.12. The third kappa shape index (κ3) is 1.70. The molecule has 0 aliphatic heterocycles. The molecule has 0 saturated heterocycles. The number of nitrogens with one attached hydrogen (secondary N) is 1. The molecule has 3 nitrogen and oxygen atoms in total. The molecule has 0 amide bonds. The predicted octanol–water partition coefficient (Wildman–Crippen LogP) is 3.49. The van der Waals surface area contributed by atoms with Crippen molar-refractivity contribution in [2.45, 2.75) is 32.1 Å². The highest BCUT2D eigenvalue weighted by Crippen LogP contribution is 2.39. The molecule has 1 aliphatic rings. The van der Waals surface area contributed by atoms with Crippen molar-refractivity contribution in [2.24, 2.45) is 0 Å². The molecule has 0 saturated carbocycles. The molecular weight excluding hydrogens is 224 g/mol. The van der Waals surface area contributed by atoms with Crippen LogP contribution in [0.1, 0.15) is 41.1 Å². The van der Waals surface area contributed by atoms with Crippen molar-refractivity contribution >= 4 is 5.69 Å². The van der Waals surface area contributed by atoms with Crippen molar-refractivity contribution < 1.29 is 4.52 Å². The largest absolute Gasteiger partial charge is 0.384 e. The van der Waals surface area contributed by atoms with E-state index in [0.717, 1.165) is 17.8 Å². The lowest BCUT2D eigenvalue weighted by atomic mass is 9.79. The summed E-state index contributed by atoms with van der Waals surface area (Å²) in [6.45, 7) is 2.20. The third-order valence-electron chi connectivity index (χ3n) is 3.94. The molecule has 0 spiro atoms. The molecule has 0 fully saturated rings. The van der Waals surface area contributed by atoms with E-state index in [4.69, 9.17) is 4.52 Å². The SMILES string of the molecule is CNc1conc1C1CCCc2c(C)cccc21. The molecule has 0 bridgehead atoms. The Bertz CT molecular complexity index is 559. The van der Waals surface area contributed by atoms with Gasteiger partial charge in [0.05, 0.1) is 5.69 Å². The third-order valence-corrected chi connectivity index (χ3v) is 3.94. The Balaban J connectivity index is 2.09. The van der Waals surface area contributed by atoms with Crippen LogP contribution in [-0.2, 0) is 6.42 Å². The summed E-state index contributed by atoms with van der Waals surface area (Å²) in [5.74, 6) is 0.370. The van der Waals surface area contributed by atoms with E-state index in [1.54, 1.807) is 6.26 Å². The van der Waals surface area contributed by atoms with Crippen molar-refractivity contribution in [3.05, 3.63) is 46.8 Å². The van der Waals surface area contributed by atoms with E-state index < -0.39 is 0 Å². The van der Waals surface area contributed by atoms with E-state index in [2.05, 4.69) is 35.6 Å². The van der Waals surface area contributed by atoms with Crippen LogP contribution in [0.15, 0.2) is 29.0 Å². The molecule has 1 atom stereocenters. The van der Waals surface area contributed by atoms with Gasteiger partial charge in [-0.25, -0.2) is 0 Å². The Labute approximate surface area is 107 Å². The van der Waals surface area contributed by atoms with E-state index in [1.807, 2.05) is 7.05 Å². The summed E-state index contributed by atoms with van der Waals surface area (Å²) in [6, 6.07) is 6.58. The highest BCUT2D eigenvalue weighted by atomic mass is 16.5. The van der Waals surface area contributed by atoms with Gasteiger partial charge in [0.15, 0.2) is 0 Å². The zero-order valence-electron chi connectivity index (χ0n) is 10.9. The molecule has 0 radical (unpaired) electrons. The van der Waals surface area contributed by atoms with Gasteiger partial charge in [-0.3, -0.25) is 0 Å². The number of benzene rings is 1. The fourth-order valence-electron chi connectivity index (χ4n) is 3.00. The van der Waals surface area contributed by atoms with Gasteiger partial charge in [-0.15, -0.1) is 0 Å². The van der Waals surface area contributed by atoms with E-state index in [0.29, 0.717) is 5.92 Å². The minimum absolute atomic E-state index is 0.370. The molecule has 1 aromatic carbocycles. The molecule has 94 valence electrons. The minimum atomic E-state index is 0.370. The van der Waals surface area contributed by atoms with Crippen molar-refractivity contribution in [1.29, 1.82) is 0 Å². The zero-order chi connectivity index (χ0) is 12.5. The number of aryl methyl sites for hydroxylation is 1. The summed E-state index contributed by atoms with van der Waals surface area (Å²) in [5, 5.41) is 7.36. The highest BCUT2D eigenvalue weighted by Gasteiger charge is 2.26. The molecule has 1 unspecified atom stereocenters. The molecule has 1 aliphatic carbocycles. The van der Waals surface area contributed by atoms with Gasteiger partial charge in [-0.1, -0.05) is 23.4 Å². The lowest BCUT2D eigenvalue weighted by Gasteiger charge is -2.25. The maximum Gasteiger partial charge on any atom is 0.147 e. The molecule has 18 heavy (non-hydrogen) atoms. The number of hydrogen-bond acceptors (Lipinski definition) is 3. The Morgan fingerprint density at radius 2 is 2.28 bits per heavy atom. The van der Waals surface area contributed by atoms with Crippen LogP contribution >= 0.6 is 0 Å². The first-order valence-electron chi connectivity index (χ1n) is 6.51. The number of rotatable bonds is 2. The summed E-state index contributed by atoms with van der Waals surface area (Å²) in [7, 11) is 1.91. The van der Waals surface area contributed by atoms with Gasteiger partial charge in [0.2, 0.25) is 0 Å². The van der Waals surface area contributed by atoms with Gasteiger partial charge in [0.1, 0.15) is 12.0 Å².